The van der Waals surface area contributed by atoms with Gasteiger partial charge < -0.3 is 15.0 Å². The first-order chi connectivity index (χ1) is 9.52. The Hall–Kier alpha value is -1.53. The number of ether oxygens (including phenoxy) is 1. The molecule has 110 valence electrons. The molecule has 1 rings (SSSR count). The fraction of sp³-hybridized carbons (Fsp3) is 0.429. The summed E-state index contributed by atoms with van der Waals surface area (Å²) in [6.45, 7) is 0.952. The first-order valence-corrected chi connectivity index (χ1v) is 6.75. The molecule has 0 saturated heterocycles. The van der Waals surface area contributed by atoms with Gasteiger partial charge in [0.2, 0.25) is 11.8 Å². The highest BCUT2D eigenvalue weighted by molar-refractivity contribution is 7.80. The molecule has 0 radical (unpaired) electrons. The summed E-state index contributed by atoms with van der Waals surface area (Å²) in [4.78, 5) is 25.8. The number of thiol groups is 1. The normalized spacial score (nSPS) is 10.2. The second kappa shape index (κ2) is 8.60. The summed E-state index contributed by atoms with van der Waals surface area (Å²) in [7, 11) is 3.18. The van der Waals surface area contributed by atoms with Crippen LogP contribution in [0, 0.1) is 0 Å². The lowest BCUT2D eigenvalue weighted by Gasteiger charge is -2.16. The molecule has 1 aromatic carbocycles. The van der Waals surface area contributed by atoms with Gasteiger partial charge in [-0.15, -0.1) is 12.6 Å². The van der Waals surface area contributed by atoms with Crippen molar-refractivity contribution in [1.82, 2.24) is 10.2 Å². The highest BCUT2D eigenvalue weighted by atomic mass is 32.1. The van der Waals surface area contributed by atoms with E-state index in [-0.39, 0.29) is 24.8 Å². The number of amides is 2. The van der Waals surface area contributed by atoms with Gasteiger partial charge in [-0.05, 0) is 17.7 Å². The number of likely N-dealkylation sites (N-methyl/N-ethyl adjacent to an activating group) is 1. The number of benzene rings is 1. The number of carbonyl (C=O) groups excluding carboxylic acids is 2. The highest BCUT2D eigenvalue weighted by Crippen LogP contribution is 2.09. The molecule has 1 N–H and O–H groups in total. The van der Waals surface area contributed by atoms with Crippen LogP contribution in [0.1, 0.15) is 5.56 Å². The minimum atomic E-state index is -0.191. The maximum atomic E-state index is 12.0. The second-order valence-electron chi connectivity index (χ2n) is 4.44. The Morgan fingerprint density at radius 1 is 1.30 bits per heavy atom. The number of nitrogens with zero attached hydrogens (tertiary/aromatic N) is 1. The van der Waals surface area contributed by atoms with Gasteiger partial charge in [-0.3, -0.25) is 9.59 Å². The Labute approximate surface area is 124 Å². The zero-order chi connectivity index (χ0) is 15.0. The zero-order valence-corrected chi connectivity index (χ0v) is 12.7. The molecule has 0 atom stereocenters. The van der Waals surface area contributed by atoms with E-state index >= 15 is 0 Å². The molecular formula is C14H20N2O3S. The standard InChI is InChI=1S/C14H20N2O3S/c1-16(10-13(17)15-7-8-19-2)14(18)9-11-3-5-12(20)6-4-11/h3-6,20H,7-10H2,1-2H3,(H,15,17). The molecule has 0 fully saturated rings. The highest BCUT2D eigenvalue weighted by Gasteiger charge is 2.13. The number of nitrogens with one attached hydrogen (secondary N) is 1. The largest absolute Gasteiger partial charge is 0.383 e. The van der Waals surface area contributed by atoms with E-state index in [2.05, 4.69) is 17.9 Å². The molecule has 0 aliphatic carbocycles. The van der Waals surface area contributed by atoms with Crippen molar-refractivity contribution in [2.24, 2.45) is 0 Å². The van der Waals surface area contributed by atoms with Gasteiger partial charge in [0.1, 0.15) is 0 Å². The number of methoxy groups -OCH3 is 1. The molecule has 0 aliphatic heterocycles. The van der Waals surface area contributed by atoms with Crippen LogP contribution in [0.4, 0.5) is 0 Å². The van der Waals surface area contributed by atoms with E-state index < -0.39 is 0 Å². The van der Waals surface area contributed by atoms with Crippen LogP contribution in [0.5, 0.6) is 0 Å². The van der Waals surface area contributed by atoms with Crippen LogP contribution in [0.2, 0.25) is 0 Å². The van der Waals surface area contributed by atoms with E-state index in [1.807, 2.05) is 24.3 Å². The summed E-state index contributed by atoms with van der Waals surface area (Å²) < 4.78 is 4.83. The number of carbonyl (C=O) groups is 2. The fourth-order valence-electron chi connectivity index (χ4n) is 1.58. The summed E-state index contributed by atoms with van der Waals surface area (Å²) in [6.07, 6.45) is 0.274. The van der Waals surface area contributed by atoms with E-state index in [0.29, 0.717) is 13.2 Å². The molecular weight excluding hydrogens is 276 g/mol. The maximum absolute atomic E-state index is 12.0. The number of hydrogen-bond acceptors (Lipinski definition) is 4. The number of rotatable bonds is 7. The Kier molecular flexibility index (Phi) is 7.11. The Bertz CT molecular complexity index is 448. The van der Waals surface area contributed by atoms with Gasteiger partial charge in [-0.25, -0.2) is 0 Å². The first kappa shape index (κ1) is 16.5. The van der Waals surface area contributed by atoms with Crippen molar-refractivity contribution in [3.8, 4) is 0 Å². The first-order valence-electron chi connectivity index (χ1n) is 6.30. The Morgan fingerprint density at radius 2 is 1.95 bits per heavy atom. The zero-order valence-electron chi connectivity index (χ0n) is 11.8. The molecule has 0 spiro atoms. The smallest absolute Gasteiger partial charge is 0.239 e. The van der Waals surface area contributed by atoms with Gasteiger partial charge in [0.25, 0.3) is 0 Å². The minimum Gasteiger partial charge on any atom is -0.383 e. The number of hydrogen-bond donors (Lipinski definition) is 2. The predicted molar refractivity (Wildman–Crippen MR) is 79.9 cm³/mol. The topological polar surface area (TPSA) is 58.6 Å². The van der Waals surface area contributed by atoms with E-state index in [0.717, 1.165) is 10.5 Å². The van der Waals surface area contributed by atoms with Gasteiger partial charge >= 0.3 is 0 Å². The average Bonchev–Trinajstić information content (AvgIpc) is 2.41. The van der Waals surface area contributed by atoms with Crippen LogP contribution in [0.3, 0.4) is 0 Å². The SMILES string of the molecule is COCCNC(=O)CN(C)C(=O)Cc1ccc(S)cc1. The van der Waals surface area contributed by atoms with E-state index in [9.17, 15) is 9.59 Å². The fourth-order valence-corrected chi connectivity index (χ4v) is 1.72. The Balaban J connectivity index is 2.38. The molecule has 0 saturated carbocycles. The molecule has 0 heterocycles. The van der Waals surface area contributed by atoms with Gasteiger partial charge in [-0.2, -0.15) is 0 Å². The van der Waals surface area contributed by atoms with Crippen molar-refractivity contribution in [2.75, 3.05) is 33.9 Å². The summed E-state index contributed by atoms with van der Waals surface area (Å²) in [5.41, 5.74) is 0.902. The summed E-state index contributed by atoms with van der Waals surface area (Å²) in [6, 6.07) is 7.38. The summed E-state index contributed by atoms with van der Waals surface area (Å²) in [5.74, 6) is -0.289. The van der Waals surface area contributed by atoms with Crippen molar-refractivity contribution in [3.05, 3.63) is 29.8 Å². The molecule has 0 aromatic heterocycles. The average molecular weight is 296 g/mol. The third-order valence-corrected chi connectivity index (χ3v) is 3.02. The summed E-state index contributed by atoms with van der Waals surface area (Å²) in [5, 5.41) is 2.67. The van der Waals surface area contributed by atoms with Gasteiger partial charge in [-0.1, -0.05) is 12.1 Å². The predicted octanol–water partition coefficient (Wildman–Crippen LogP) is 0.739. The Morgan fingerprint density at radius 3 is 2.55 bits per heavy atom. The van der Waals surface area contributed by atoms with Crippen molar-refractivity contribution >= 4 is 24.4 Å². The molecule has 6 heteroatoms. The van der Waals surface area contributed by atoms with Crippen LogP contribution < -0.4 is 5.32 Å². The molecule has 1 aromatic rings. The second-order valence-corrected chi connectivity index (χ2v) is 4.95. The van der Waals surface area contributed by atoms with Crippen LogP contribution >= 0.6 is 12.6 Å². The van der Waals surface area contributed by atoms with Crippen LogP contribution in [-0.2, 0) is 20.7 Å². The third-order valence-electron chi connectivity index (χ3n) is 2.73. The molecule has 0 aliphatic rings. The molecule has 0 bridgehead atoms. The van der Waals surface area contributed by atoms with E-state index in [1.54, 1.807) is 14.2 Å². The van der Waals surface area contributed by atoms with Gasteiger partial charge in [0.15, 0.2) is 0 Å². The summed E-state index contributed by atoms with van der Waals surface area (Å²) >= 11 is 4.19. The van der Waals surface area contributed by atoms with Crippen molar-refractivity contribution in [3.63, 3.8) is 0 Å². The van der Waals surface area contributed by atoms with Crippen molar-refractivity contribution in [1.29, 1.82) is 0 Å². The third kappa shape index (κ3) is 6.08. The van der Waals surface area contributed by atoms with Crippen LogP contribution in [-0.4, -0.2) is 50.6 Å². The lowest BCUT2D eigenvalue weighted by atomic mass is 10.1. The van der Waals surface area contributed by atoms with Gasteiger partial charge in [0.05, 0.1) is 19.6 Å². The van der Waals surface area contributed by atoms with Crippen LogP contribution in [0.15, 0.2) is 29.2 Å². The lowest BCUT2D eigenvalue weighted by Crippen LogP contribution is -2.39. The molecule has 0 unspecified atom stereocenters. The van der Waals surface area contributed by atoms with Crippen molar-refractivity contribution in [2.45, 2.75) is 11.3 Å². The quantitative estimate of drug-likeness (QED) is 0.576. The minimum absolute atomic E-state index is 0.0488. The van der Waals surface area contributed by atoms with Crippen molar-refractivity contribution < 1.29 is 14.3 Å². The molecule has 20 heavy (non-hydrogen) atoms. The van der Waals surface area contributed by atoms with Gasteiger partial charge in [0, 0.05) is 25.6 Å². The lowest BCUT2D eigenvalue weighted by molar-refractivity contribution is -0.134. The maximum Gasteiger partial charge on any atom is 0.239 e. The molecule has 5 nitrogen and oxygen atoms in total. The monoisotopic (exact) mass is 296 g/mol. The van der Waals surface area contributed by atoms with Crippen LogP contribution in [0.25, 0.3) is 0 Å². The molecule has 2 amide bonds. The van der Waals surface area contributed by atoms with E-state index in [4.69, 9.17) is 4.74 Å². The van der Waals surface area contributed by atoms with E-state index in [1.165, 1.54) is 4.90 Å².